The van der Waals surface area contributed by atoms with E-state index >= 15 is 0 Å². The van der Waals surface area contributed by atoms with E-state index in [9.17, 15) is 4.79 Å². The van der Waals surface area contributed by atoms with E-state index in [0.717, 1.165) is 49.9 Å². The van der Waals surface area contributed by atoms with Crippen LogP contribution in [0.5, 0.6) is 5.75 Å². The molecule has 8 heteroatoms. The number of hydrogen-bond acceptors (Lipinski definition) is 7. The summed E-state index contributed by atoms with van der Waals surface area (Å²) in [7, 11) is 3.49. The number of aromatic amines is 1. The lowest BCUT2D eigenvalue weighted by atomic mass is 10.1. The topological polar surface area (TPSA) is 92.4 Å². The Kier molecular flexibility index (Phi) is 6.19. The van der Waals surface area contributed by atoms with E-state index in [4.69, 9.17) is 9.47 Å². The molecule has 3 rings (SSSR count). The number of rotatable bonds is 8. The van der Waals surface area contributed by atoms with Gasteiger partial charge in [0, 0.05) is 56.2 Å². The van der Waals surface area contributed by atoms with Gasteiger partial charge in [-0.2, -0.15) is 0 Å². The van der Waals surface area contributed by atoms with Gasteiger partial charge in [0.1, 0.15) is 12.1 Å². The summed E-state index contributed by atoms with van der Waals surface area (Å²) >= 11 is 0. The van der Waals surface area contributed by atoms with Crippen molar-refractivity contribution in [2.75, 3.05) is 45.8 Å². The molecule has 0 radical (unpaired) electrons. The minimum absolute atomic E-state index is 0.114. The first-order chi connectivity index (χ1) is 12.7. The third-order valence-electron chi connectivity index (χ3n) is 4.43. The molecular formula is C18H25N5O3. The minimum atomic E-state index is -0.114. The molecule has 0 aliphatic carbocycles. The highest BCUT2D eigenvalue weighted by Gasteiger charge is 2.19. The first-order valence-electron chi connectivity index (χ1n) is 8.73. The Morgan fingerprint density at radius 2 is 2.31 bits per heavy atom. The molecule has 1 fully saturated rings. The normalized spacial score (nSPS) is 16.8. The van der Waals surface area contributed by atoms with Crippen LogP contribution in [0.25, 0.3) is 0 Å². The van der Waals surface area contributed by atoms with Crippen molar-refractivity contribution in [3.63, 3.8) is 0 Å². The molecule has 140 valence electrons. The standard InChI is InChI=1S/C18H25N5O3/c1-23(10-14-7-16(24)17(25-2)9-20-14)5-4-19-18-8-15(21-12-22-18)13-3-6-26-11-13/h7-9,12-13H,3-6,10-11H2,1-2H3,(H,20,24)(H,19,21,22). The quantitative estimate of drug-likeness (QED) is 0.732. The van der Waals surface area contributed by atoms with Crippen molar-refractivity contribution < 1.29 is 9.47 Å². The maximum Gasteiger partial charge on any atom is 0.223 e. The molecule has 0 aromatic carbocycles. The number of nitrogens with zero attached hydrogens (tertiary/aromatic N) is 3. The predicted molar refractivity (Wildman–Crippen MR) is 98.6 cm³/mol. The summed E-state index contributed by atoms with van der Waals surface area (Å²) in [6, 6.07) is 3.57. The van der Waals surface area contributed by atoms with Crippen LogP contribution in [0.2, 0.25) is 0 Å². The van der Waals surface area contributed by atoms with Crippen LogP contribution < -0.4 is 15.5 Å². The van der Waals surface area contributed by atoms with Gasteiger partial charge in [0.15, 0.2) is 5.75 Å². The molecule has 1 aliphatic rings. The Labute approximate surface area is 152 Å². The highest BCUT2D eigenvalue weighted by molar-refractivity contribution is 5.36. The van der Waals surface area contributed by atoms with Crippen LogP contribution >= 0.6 is 0 Å². The molecule has 1 atom stereocenters. The van der Waals surface area contributed by atoms with Crippen LogP contribution in [0.3, 0.4) is 0 Å². The minimum Gasteiger partial charge on any atom is -0.491 e. The van der Waals surface area contributed by atoms with Gasteiger partial charge in [0.25, 0.3) is 0 Å². The Balaban J connectivity index is 1.47. The van der Waals surface area contributed by atoms with Crippen molar-refractivity contribution >= 4 is 5.82 Å². The van der Waals surface area contributed by atoms with Crippen molar-refractivity contribution in [3.8, 4) is 5.75 Å². The number of H-pyrrole nitrogens is 1. The van der Waals surface area contributed by atoms with Crippen molar-refractivity contribution in [2.45, 2.75) is 18.9 Å². The molecule has 2 N–H and O–H groups in total. The van der Waals surface area contributed by atoms with Crippen LogP contribution in [-0.4, -0.2) is 60.3 Å². The number of pyridine rings is 1. The van der Waals surface area contributed by atoms with Gasteiger partial charge >= 0.3 is 0 Å². The molecule has 2 aromatic heterocycles. The Hall–Kier alpha value is -2.45. The van der Waals surface area contributed by atoms with Crippen molar-refractivity contribution in [3.05, 3.63) is 46.3 Å². The fourth-order valence-electron chi connectivity index (χ4n) is 2.96. The smallest absolute Gasteiger partial charge is 0.223 e. The van der Waals surface area contributed by atoms with Gasteiger partial charge < -0.3 is 19.8 Å². The molecule has 3 heterocycles. The number of methoxy groups -OCH3 is 1. The first kappa shape index (κ1) is 18.3. The number of ether oxygens (including phenoxy) is 2. The summed E-state index contributed by atoms with van der Waals surface area (Å²) < 4.78 is 10.4. The van der Waals surface area contributed by atoms with Gasteiger partial charge in [0.2, 0.25) is 5.43 Å². The zero-order valence-electron chi connectivity index (χ0n) is 15.2. The van der Waals surface area contributed by atoms with Crippen LogP contribution in [-0.2, 0) is 11.3 Å². The van der Waals surface area contributed by atoms with Crippen LogP contribution in [0.15, 0.2) is 29.5 Å². The third kappa shape index (κ3) is 4.80. The molecule has 1 saturated heterocycles. The summed E-state index contributed by atoms with van der Waals surface area (Å²) in [5.74, 6) is 1.52. The summed E-state index contributed by atoms with van der Waals surface area (Å²) in [5.41, 5.74) is 1.77. The van der Waals surface area contributed by atoms with E-state index in [0.29, 0.717) is 18.2 Å². The summed E-state index contributed by atoms with van der Waals surface area (Å²) in [6.07, 6.45) is 4.21. The summed E-state index contributed by atoms with van der Waals surface area (Å²) in [4.78, 5) is 25.6. The molecule has 26 heavy (non-hydrogen) atoms. The molecule has 0 spiro atoms. The van der Waals surface area contributed by atoms with E-state index in [1.165, 1.54) is 7.11 Å². The van der Waals surface area contributed by atoms with E-state index in [1.54, 1.807) is 18.6 Å². The van der Waals surface area contributed by atoms with E-state index in [2.05, 4.69) is 25.2 Å². The lowest BCUT2D eigenvalue weighted by Crippen LogP contribution is -2.26. The molecule has 1 aliphatic heterocycles. The van der Waals surface area contributed by atoms with Gasteiger partial charge in [-0.25, -0.2) is 9.97 Å². The molecule has 2 aromatic rings. The second-order valence-electron chi connectivity index (χ2n) is 6.44. The number of aromatic nitrogens is 3. The maximum atomic E-state index is 11.8. The average molecular weight is 359 g/mol. The fraction of sp³-hybridized carbons (Fsp3) is 0.500. The van der Waals surface area contributed by atoms with E-state index in [-0.39, 0.29) is 5.43 Å². The predicted octanol–water partition coefficient (Wildman–Crippen LogP) is 1.22. The molecule has 0 amide bonds. The summed E-state index contributed by atoms with van der Waals surface area (Å²) in [6.45, 7) is 3.73. The maximum absolute atomic E-state index is 11.8. The fourth-order valence-corrected chi connectivity index (χ4v) is 2.96. The van der Waals surface area contributed by atoms with Gasteiger partial charge in [-0.1, -0.05) is 0 Å². The second kappa shape index (κ2) is 8.77. The third-order valence-corrected chi connectivity index (χ3v) is 4.43. The second-order valence-corrected chi connectivity index (χ2v) is 6.44. The molecule has 8 nitrogen and oxygen atoms in total. The highest BCUT2D eigenvalue weighted by Crippen LogP contribution is 2.24. The molecule has 0 saturated carbocycles. The number of anilines is 1. The largest absolute Gasteiger partial charge is 0.491 e. The van der Waals surface area contributed by atoms with E-state index < -0.39 is 0 Å². The first-order valence-corrected chi connectivity index (χ1v) is 8.73. The van der Waals surface area contributed by atoms with Crippen molar-refractivity contribution in [2.24, 2.45) is 0 Å². The van der Waals surface area contributed by atoms with Gasteiger partial charge in [-0.05, 0) is 13.5 Å². The van der Waals surface area contributed by atoms with Crippen molar-refractivity contribution in [1.29, 1.82) is 0 Å². The van der Waals surface area contributed by atoms with Crippen molar-refractivity contribution in [1.82, 2.24) is 19.9 Å². The Morgan fingerprint density at radius 3 is 3.04 bits per heavy atom. The van der Waals surface area contributed by atoms with E-state index in [1.807, 2.05) is 13.1 Å². The SMILES string of the molecule is COc1c[nH]c(CN(C)CCNc2cc(C3CCOC3)ncn2)cc1=O. The Morgan fingerprint density at radius 1 is 1.42 bits per heavy atom. The zero-order valence-corrected chi connectivity index (χ0v) is 15.2. The van der Waals surface area contributed by atoms with Crippen LogP contribution in [0.4, 0.5) is 5.82 Å². The Bertz CT molecular complexity index is 773. The highest BCUT2D eigenvalue weighted by atomic mass is 16.5. The average Bonchev–Trinajstić information content (AvgIpc) is 3.17. The lowest BCUT2D eigenvalue weighted by Gasteiger charge is -2.17. The number of nitrogens with one attached hydrogen (secondary N) is 2. The summed E-state index contributed by atoms with van der Waals surface area (Å²) in [5, 5.41) is 3.33. The lowest BCUT2D eigenvalue weighted by molar-refractivity contribution is 0.193. The monoisotopic (exact) mass is 359 g/mol. The number of hydrogen-bond donors (Lipinski definition) is 2. The number of likely N-dealkylation sites (N-methyl/N-ethyl adjacent to an activating group) is 1. The van der Waals surface area contributed by atoms with Crippen LogP contribution in [0.1, 0.15) is 23.7 Å². The van der Waals surface area contributed by atoms with Gasteiger partial charge in [-0.3, -0.25) is 9.69 Å². The molecular weight excluding hydrogens is 334 g/mol. The molecule has 0 bridgehead atoms. The van der Waals surface area contributed by atoms with Gasteiger partial charge in [-0.15, -0.1) is 0 Å². The van der Waals surface area contributed by atoms with Gasteiger partial charge in [0.05, 0.1) is 19.4 Å². The molecule has 1 unspecified atom stereocenters. The zero-order chi connectivity index (χ0) is 18.4. The van der Waals surface area contributed by atoms with Crippen LogP contribution in [0, 0.1) is 0 Å².